The van der Waals surface area contributed by atoms with Crippen LogP contribution in [0.2, 0.25) is 0 Å². The van der Waals surface area contributed by atoms with Gasteiger partial charge in [-0.05, 0) is 20.8 Å². The fourth-order valence-corrected chi connectivity index (χ4v) is 0.685. The number of ether oxygens (including phenoxy) is 2. The van der Waals surface area contributed by atoms with Gasteiger partial charge < -0.3 is 9.47 Å². The van der Waals surface area contributed by atoms with Gasteiger partial charge in [-0.15, -0.1) is 0 Å². The van der Waals surface area contributed by atoms with Crippen LogP contribution in [0.15, 0.2) is 0 Å². The lowest BCUT2D eigenvalue weighted by molar-refractivity contribution is -0.156. The molecule has 0 rings (SSSR count). The highest BCUT2D eigenvalue weighted by molar-refractivity contribution is 5.71. The maximum atomic E-state index is 11.1. The fourth-order valence-electron chi connectivity index (χ4n) is 0.685. The van der Waals surface area contributed by atoms with Crippen LogP contribution in [0.5, 0.6) is 0 Å². The van der Waals surface area contributed by atoms with E-state index in [0.717, 1.165) is 0 Å². The maximum absolute atomic E-state index is 11.1. The summed E-state index contributed by atoms with van der Waals surface area (Å²) in [6.45, 7) is 6.38. The minimum absolute atomic E-state index is 0.0426. The summed E-state index contributed by atoms with van der Waals surface area (Å²) >= 11 is 0. The first-order valence-corrected chi connectivity index (χ1v) is 4.51. The maximum Gasteiger partial charge on any atom is 0.322 e. The normalized spacial score (nSPS) is 11.4. The second kappa shape index (κ2) is 6.75. The molecule has 0 atom stereocenters. The van der Waals surface area contributed by atoms with Crippen LogP contribution in [-0.4, -0.2) is 38.4 Å². The molecule has 0 aromatic heterocycles. The number of hydroxylamine groups is 1. The third-order valence-electron chi connectivity index (χ3n) is 1.13. The molecule has 0 aliphatic heterocycles. The van der Waals surface area contributed by atoms with E-state index >= 15 is 0 Å². The molecule has 0 aromatic rings. The molecule has 0 amide bonds. The topological polar surface area (TPSA) is 56.8 Å². The van der Waals surface area contributed by atoms with E-state index in [4.69, 9.17) is 14.3 Å². The highest BCUT2D eigenvalue weighted by Gasteiger charge is 2.15. The molecule has 5 heteroatoms. The number of nitrogens with one attached hydrogen (secondary N) is 1. The Balaban J connectivity index is 3.36. The molecule has 0 aliphatic rings. The second-order valence-electron chi connectivity index (χ2n) is 3.75. The molecule has 0 unspecified atom stereocenters. The van der Waals surface area contributed by atoms with Crippen LogP contribution in [0.3, 0.4) is 0 Å². The molecule has 0 saturated carbocycles. The Morgan fingerprint density at radius 3 is 2.43 bits per heavy atom. The molecule has 0 radical (unpaired) electrons. The number of carbonyl (C=O) groups excluding carboxylic acids is 1. The molecule has 0 aromatic carbocycles. The van der Waals surface area contributed by atoms with Crippen molar-refractivity contribution in [2.45, 2.75) is 26.4 Å². The predicted molar refractivity (Wildman–Crippen MR) is 51.7 cm³/mol. The van der Waals surface area contributed by atoms with Crippen LogP contribution in [0.1, 0.15) is 20.8 Å². The van der Waals surface area contributed by atoms with Crippen molar-refractivity contribution in [1.29, 1.82) is 0 Å². The van der Waals surface area contributed by atoms with Gasteiger partial charge in [0.25, 0.3) is 0 Å². The van der Waals surface area contributed by atoms with Gasteiger partial charge in [-0.25, -0.2) is 0 Å². The van der Waals surface area contributed by atoms with Crippen LogP contribution < -0.4 is 5.48 Å². The van der Waals surface area contributed by atoms with E-state index in [1.54, 1.807) is 7.11 Å². The molecule has 84 valence electrons. The molecule has 0 bridgehead atoms. The summed E-state index contributed by atoms with van der Waals surface area (Å²) in [6.07, 6.45) is 0. The van der Waals surface area contributed by atoms with Crippen LogP contribution in [-0.2, 0) is 19.1 Å². The summed E-state index contributed by atoms with van der Waals surface area (Å²) in [5.41, 5.74) is 2.03. The van der Waals surface area contributed by atoms with Crippen LogP contribution in [0.25, 0.3) is 0 Å². The Kier molecular flexibility index (Phi) is 6.44. The zero-order chi connectivity index (χ0) is 11.0. The average molecular weight is 205 g/mol. The largest absolute Gasteiger partial charge is 0.459 e. The van der Waals surface area contributed by atoms with Gasteiger partial charge in [0.2, 0.25) is 0 Å². The van der Waals surface area contributed by atoms with Crippen molar-refractivity contribution in [2.24, 2.45) is 0 Å². The van der Waals surface area contributed by atoms with E-state index in [9.17, 15) is 4.79 Å². The Morgan fingerprint density at radius 2 is 1.93 bits per heavy atom. The highest BCUT2D eigenvalue weighted by Crippen LogP contribution is 2.05. The van der Waals surface area contributed by atoms with Crippen LogP contribution >= 0.6 is 0 Å². The predicted octanol–water partition coefficient (Wildman–Crippen LogP) is 0.496. The average Bonchev–Trinajstić information content (AvgIpc) is 2.00. The monoisotopic (exact) mass is 205 g/mol. The Bertz CT molecular complexity index is 165. The summed E-state index contributed by atoms with van der Waals surface area (Å²) in [6, 6.07) is 0. The standard InChI is InChI=1S/C9H19NO4/c1-9(2,3)14-8(11)7-10-13-6-5-12-4/h10H,5-7H2,1-4H3. The van der Waals surface area contributed by atoms with Gasteiger partial charge in [-0.1, -0.05) is 0 Å². The van der Waals surface area contributed by atoms with E-state index in [1.807, 2.05) is 20.8 Å². The molecule has 0 saturated heterocycles. The van der Waals surface area contributed by atoms with Crippen molar-refractivity contribution in [1.82, 2.24) is 5.48 Å². The third kappa shape index (κ3) is 9.44. The summed E-state index contributed by atoms with van der Waals surface area (Å²) in [4.78, 5) is 16.0. The van der Waals surface area contributed by atoms with Gasteiger partial charge in [0, 0.05) is 7.11 Å². The van der Waals surface area contributed by atoms with E-state index in [0.29, 0.717) is 13.2 Å². The molecule has 5 nitrogen and oxygen atoms in total. The van der Waals surface area contributed by atoms with Gasteiger partial charge >= 0.3 is 5.97 Å². The molecular weight excluding hydrogens is 186 g/mol. The number of esters is 1. The van der Waals surface area contributed by atoms with Crippen molar-refractivity contribution in [2.75, 3.05) is 26.9 Å². The SMILES string of the molecule is COCCONCC(=O)OC(C)(C)C. The van der Waals surface area contributed by atoms with Gasteiger partial charge in [-0.2, -0.15) is 5.48 Å². The lowest BCUT2D eigenvalue weighted by atomic mass is 10.2. The smallest absolute Gasteiger partial charge is 0.322 e. The van der Waals surface area contributed by atoms with Crippen molar-refractivity contribution in [3.8, 4) is 0 Å². The third-order valence-corrected chi connectivity index (χ3v) is 1.13. The number of hydrogen-bond acceptors (Lipinski definition) is 5. The quantitative estimate of drug-likeness (QED) is 0.388. The van der Waals surface area contributed by atoms with Gasteiger partial charge in [0.05, 0.1) is 13.2 Å². The van der Waals surface area contributed by atoms with E-state index in [-0.39, 0.29) is 12.5 Å². The summed E-state index contributed by atoms with van der Waals surface area (Å²) in [5.74, 6) is -0.338. The van der Waals surface area contributed by atoms with Crippen molar-refractivity contribution in [3.05, 3.63) is 0 Å². The molecule has 14 heavy (non-hydrogen) atoms. The Morgan fingerprint density at radius 1 is 1.29 bits per heavy atom. The number of rotatable bonds is 6. The first kappa shape index (κ1) is 13.4. The van der Waals surface area contributed by atoms with E-state index < -0.39 is 5.60 Å². The number of methoxy groups -OCH3 is 1. The molecule has 0 spiro atoms. The highest BCUT2D eigenvalue weighted by atomic mass is 16.7. The van der Waals surface area contributed by atoms with E-state index in [2.05, 4.69) is 5.48 Å². The molecular formula is C9H19NO4. The summed E-state index contributed by atoms with van der Waals surface area (Å²) in [5, 5.41) is 0. The van der Waals surface area contributed by atoms with Gasteiger partial charge in [0.15, 0.2) is 0 Å². The minimum atomic E-state index is -0.453. The van der Waals surface area contributed by atoms with Crippen LogP contribution in [0, 0.1) is 0 Å². The molecule has 1 N–H and O–H groups in total. The van der Waals surface area contributed by atoms with Crippen molar-refractivity contribution >= 4 is 5.97 Å². The number of hydrogen-bond donors (Lipinski definition) is 1. The van der Waals surface area contributed by atoms with Crippen molar-refractivity contribution in [3.63, 3.8) is 0 Å². The molecule has 0 heterocycles. The molecule has 0 aliphatic carbocycles. The lowest BCUT2D eigenvalue weighted by Gasteiger charge is -2.19. The fraction of sp³-hybridized carbons (Fsp3) is 0.889. The Hall–Kier alpha value is -0.650. The summed E-state index contributed by atoms with van der Waals surface area (Å²) in [7, 11) is 1.58. The first-order chi connectivity index (χ1) is 6.45. The first-order valence-electron chi connectivity index (χ1n) is 4.51. The lowest BCUT2D eigenvalue weighted by Crippen LogP contribution is -2.32. The zero-order valence-corrected chi connectivity index (χ0v) is 9.25. The van der Waals surface area contributed by atoms with Gasteiger partial charge in [-0.3, -0.25) is 9.63 Å². The van der Waals surface area contributed by atoms with E-state index in [1.165, 1.54) is 0 Å². The van der Waals surface area contributed by atoms with Crippen LogP contribution in [0.4, 0.5) is 0 Å². The zero-order valence-electron chi connectivity index (χ0n) is 9.25. The molecule has 0 fully saturated rings. The Labute approximate surface area is 84.7 Å². The summed E-state index contributed by atoms with van der Waals surface area (Å²) < 4.78 is 9.78. The number of carbonyl (C=O) groups is 1. The minimum Gasteiger partial charge on any atom is -0.459 e. The van der Waals surface area contributed by atoms with Gasteiger partial charge in [0.1, 0.15) is 12.1 Å². The van der Waals surface area contributed by atoms with Crippen molar-refractivity contribution < 1.29 is 19.1 Å². The second-order valence-corrected chi connectivity index (χ2v) is 3.75.